The Morgan fingerprint density at radius 2 is 1.86 bits per heavy atom. The average Bonchev–Trinajstić information content (AvgIpc) is 2.37. The van der Waals surface area contributed by atoms with Gasteiger partial charge >= 0.3 is 5.97 Å². The van der Waals surface area contributed by atoms with Crippen LogP contribution in [0.15, 0.2) is 40.9 Å². The van der Waals surface area contributed by atoms with Gasteiger partial charge in [-0.1, -0.05) is 0 Å². The highest BCUT2D eigenvalue weighted by molar-refractivity contribution is 9.10. The van der Waals surface area contributed by atoms with E-state index < -0.39 is 10.9 Å². The van der Waals surface area contributed by atoms with Gasteiger partial charge in [-0.15, -0.1) is 0 Å². The quantitative estimate of drug-likeness (QED) is 0.659. The number of rotatable bonds is 4. The summed E-state index contributed by atoms with van der Waals surface area (Å²) in [5, 5.41) is 19.7. The molecule has 6 nitrogen and oxygen atoms in total. The summed E-state index contributed by atoms with van der Waals surface area (Å²) >= 11 is 3.16. The molecule has 21 heavy (non-hydrogen) atoms. The lowest BCUT2D eigenvalue weighted by atomic mass is 10.2. The van der Waals surface area contributed by atoms with Gasteiger partial charge in [0.1, 0.15) is 11.5 Å². The van der Waals surface area contributed by atoms with E-state index in [4.69, 9.17) is 9.84 Å². The first-order chi connectivity index (χ1) is 9.88. The van der Waals surface area contributed by atoms with Crippen LogP contribution in [0.4, 0.5) is 5.69 Å². The normalized spacial score (nSPS) is 10.2. The summed E-state index contributed by atoms with van der Waals surface area (Å²) in [7, 11) is 0. The summed E-state index contributed by atoms with van der Waals surface area (Å²) in [6.07, 6.45) is 0. The van der Waals surface area contributed by atoms with Gasteiger partial charge < -0.3 is 9.84 Å². The number of nitro groups is 1. The fourth-order valence-corrected chi connectivity index (χ4v) is 2.29. The Morgan fingerprint density at radius 1 is 1.24 bits per heavy atom. The molecule has 0 amide bonds. The Morgan fingerprint density at radius 3 is 2.38 bits per heavy atom. The lowest BCUT2D eigenvalue weighted by molar-refractivity contribution is -0.385. The number of benzene rings is 2. The molecule has 0 unspecified atom stereocenters. The zero-order valence-electron chi connectivity index (χ0n) is 10.9. The molecule has 0 radical (unpaired) electrons. The second-order valence-electron chi connectivity index (χ2n) is 4.25. The van der Waals surface area contributed by atoms with Gasteiger partial charge in [-0.25, -0.2) is 4.79 Å². The minimum absolute atomic E-state index is 0.0183. The lowest BCUT2D eigenvalue weighted by Crippen LogP contribution is -1.97. The number of halogens is 1. The van der Waals surface area contributed by atoms with Crippen molar-refractivity contribution < 1.29 is 19.6 Å². The molecule has 0 fully saturated rings. The Balaban J connectivity index is 2.26. The molecule has 2 aromatic rings. The molecule has 0 aliphatic rings. The zero-order chi connectivity index (χ0) is 15.6. The molecule has 2 aromatic carbocycles. The van der Waals surface area contributed by atoms with Crippen LogP contribution in [0.3, 0.4) is 0 Å². The van der Waals surface area contributed by atoms with Crippen molar-refractivity contribution >= 4 is 27.6 Å². The number of hydrogen-bond donors (Lipinski definition) is 1. The van der Waals surface area contributed by atoms with Gasteiger partial charge in [-0.05, 0) is 53.2 Å². The standard InChI is InChI=1S/C14H10BrNO5/c1-8-6-9(3-5-13(8)16(19)20)21-10-2-4-11(14(17)18)12(15)7-10/h2-7H,1H3,(H,17,18). The van der Waals surface area contributed by atoms with E-state index in [1.165, 1.54) is 30.3 Å². The van der Waals surface area contributed by atoms with Gasteiger partial charge in [-0.3, -0.25) is 10.1 Å². The number of ether oxygens (including phenoxy) is 1. The smallest absolute Gasteiger partial charge is 0.336 e. The molecule has 2 rings (SSSR count). The van der Waals surface area contributed by atoms with Gasteiger partial charge in [0.2, 0.25) is 0 Å². The molecule has 0 atom stereocenters. The van der Waals surface area contributed by atoms with E-state index in [0.717, 1.165) is 0 Å². The number of carboxylic acid groups (broad SMARTS) is 1. The van der Waals surface area contributed by atoms with E-state index in [1.54, 1.807) is 13.0 Å². The summed E-state index contributed by atoms with van der Waals surface area (Å²) in [5.74, 6) is -0.173. The predicted molar refractivity (Wildman–Crippen MR) is 79.0 cm³/mol. The van der Waals surface area contributed by atoms with Gasteiger partial charge in [0, 0.05) is 16.1 Å². The first-order valence-electron chi connectivity index (χ1n) is 5.84. The number of nitrogens with zero attached hydrogens (tertiary/aromatic N) is 1. The first kappa shape index (κ1) is 15.0. The Bertz CT molecular complexity index is 668. The van der Waals surface area contributed by atoms with Crippen LogP contribution in [0.5, 0.6) is 11.5 Å². The summed E-state index contributed by atoms with van der Waals surface area (Å²) < 4.78 is 5.96. The monoisotopic (exact) mass is 351 g/mol. The van der Waals surface area contributed by atoms with Crippen LogP contribution in [0, 0.1) is 17.0 Å². The van der Waals surface area contributed by atoms with Gasteiger partial charge in [0.25, 0.3) is 5.69 Å². The van der Waals surface area contributed by atoms with E-state index >= 15 is 0 Å². The number of aromatic carboxylic acids is 1. The Kier molecular flexibility index (Phi) is 4.23. The second-order valence-corrected chi connectivity index (χ2v) is 5.11. The second kappa shape index (κ2) is 5.92. The Labute approximate surface area is 128 Å². The molecule has 7 heteroatoms. The third-order valence-corrected chi connectivity index (χ3v) is 3.43. The van der Waals surface area contributed by atoms with Crippen LogP contribution in [0.25, 0.3) is 0 Å². The molecule has 108 valence electrons. The number of nitro benzene ring substituents is 1. The van der Waals surface area contributed by atoms with Gasteiger partial charge in [0.05, 0.1) is 10.5 Å². The van der Waals surface area contributed by atoms with Crippen LogP contribution in [-0.4, -0.2) is 16.0 Å². The topological polar surface area (TPSA) is 89.7 Å². The van der Waals surface area contributed by atoms with E-state index in [2.05, 4.69) is 15.9 Å². The Hall–Kier alpha value is -2.41. The van der Waals surface area contributed by atoms with Crippen LogP contribution in [-0.2, 0) is 0 Å². The molecule has 0 bridgehead atoms. The van der Waals surface area contributed by atoms with Crippen molar-refractivity contribution in [2.75, 3.05) is 0 Å². The van der Waals surface area contributed by atoms with Crippen LogP contribution < -0.4 is 4.74 Å². The fraction of sp³-hybridized carbons (Fsp3) is 0.0714. The molecule has 0 aliphatic heterocycles. The molecule has 1 N–H and O–H groups in total. The largest absolute Gasteiger partial charge is 0.478 e. The number of aryl methyl sites for hydroxylation is 1. The molecule has 0 spiro atoms. The van der Waals surface area contributed by atoms with Crippen molar-refractivity contribution in [3.8, 4) is 11.5 Å². The lowest BCUT2D eigenvalue weighted by Gasteiger charge is -2.08. The minimum Gasteiger partial charge on any atom is -0.478 e. The molecular formula is C14H10BrNO5. The van der Waals surface area contributed by atoms with Crippen LogP contribution in [0.1, 0.15) is 15.9 Å². The molecule has 0 saturated heterocycles. The van der Waals surface area contributed by atoms with E-state index in [0.29, 0.717) is 21.5 Å². The minimum atomic E-state index is -1.04. The van der Waals surface area contributed by atoms with E-state index in [9.17, 15) is 14.9 Å². The maximum atomic E-state index is 10.9. The highest BCUT2D eigenvalue weighted by Crippen LogP contribution is 2.29. The van der Waals surface area contributed by atoms with E-state index in [-0.39, 0.29) is 11.3 Å². The number of carbonyl (C=O) groups is 1. The highest BCUT2D eigenvalue weighted by atomic mass is 79.9. The fourth-order valence-electron chi connectivity index (χ4n) is 1.77. The van der Waals surface area contributed by atoms with E-state index in [1.807, 2.05) is 0 Å². The molecule has 0 aromatic heterocycles. The SMILES string of the molecule is Cc1cc(Oc2ccc(C(=O)O)c(Br)c2)ccc1[N+](=O)[O-]. The maximum absolute atomic E-state index is 10.9. The van der Waals surface area contributed by atoms with Crippen molar-refractivity contribution in [2.24, 2.45) is 0 Å². The third kappa shape index (κ3) is 3.38. The zero-order valence-corrected chi connectivity index (χ0v) is 12.5. The van der Waals surface area contributed by atoms with Crippen molar-refractivity contribution in [1.29, 1.82) is 0 Å². The third-order valence-electron chi connectivity index (χ3n) is 2.77. The van der Waals surface area contributed by atoms with Gasteiger partial charge in [0.15, 0.2) is 0 Å². The summed E-state index contributed by atoms with van der Waals surface area (Å²) in [6, 6.07) is 8.87. The van der Waals surface area contributed by atoms with Crippen molar-refractivity contribution in [3.63, 3.8) is 0 Å². The van der Waals surface area contributed by atoms with Crippen molar-refractivity contribution in [1.82, 2.24) is 0 Å². The summed E-state index contributed by atoms with van der Waals surface area (Å²) in [4.78, 5) is 21.2. The number of hydrogen-bond acceptors (Lipinski definition) is 4. The molecule has 0 heterocycles. The molecular weight excluding hydrogens is 342 g/mol. The first-order valence-corrected chi connectivity index (χ1v) is 6.63. The highest BCUT2D eigenvalue weighted by Gasteiger charge is 2.12. The summed E-state index contributed by atoms with van der Waals surface area (Å²) in [6.45, 7) is 1.62. The average molecular weight is 352 g/mol. The number of carboxylic acids is 1. The molecule has 0 aliphatic carbocycles. The maximum Gasteiger partial charge on any atom is 0.336 e. The molecule has 0 saturated carbocycles. The summed E-state index contributed by atoms with van der Waals surface area (Å²) in [5.41, 5.74) is 0.630. The van der Waals surface area contributed by atoms with Crippen LogP contribution >= 0.6 is 15.9 Å². The predicted octanol–water partition coefficient (Wildman–Crippen LogP) is 4.16. The van der Waals surface area contributed by atoms with Gasteiger partial charge in [-0.2, -0.15) is 0 Å². The van der Waals surface area contributed by atoms with Crippen molar-refractivity contribution in [3.05, 3.63) is 62.1 Å². The van der Waals surface area contributed by atoms with Crippen LogP contribution in [0.2, 0.25) is 0 Å². The van der Waals surface area contributed by atoms with Crippen molar-refractivity contribution in [2.45, 2.75) is 6.92 Å².